The molecule has 0 bridgehead atoms. The average molecular weight is 291 g/mol. The van der Waals surface area contributed by atoms with Gasteiger partial charge in [0.05, 0.1) is 19.3 Å². The van der Waals surface area contributed by atoms with E-state index in [9.17, 15) is 9.90 Å². The summed E-state index contributed by atoms with van der Waals surface area (Å²) in [5.74, 6) is 1.45. The minimum atomic E-state index is -0.308. The number of hydrogen-bond donors (Lipinski definition) is 1. The summed E-state index contributed by atoms with van der Waals surface area (Å²) >= 11 is 0. The van der Waals surface area contributed by atoms with Crippen LogP contribution in [0.3, 0.4) is 0 Å². The number of piperidine rings is 1. The van der Waals surface area contributed by atoms with E-state index in [1.54, 1.807) is 23.1 Å². The molecule has 0 aliphatic carbocycles. The number of amides is 1. The first-order valence-electron chi connectivity index (χ1n) is 7.52. The normalized spacial score (nSPS) is 25.3. The fourth-order valence-corrected chi connectivity index (χ4v) is 2.80. The third-order valence-electron chi connectivity index (χ3n) is 4.14. The molecular formula is C16H21NO4. The Morgan fingerprint density at radius 3 is 2.81 bits per heavy atom. The first-order valence-corrected chi connectivity index (χ1v) is 7.52. The third kappa shape index (κ3) is 2.97. The zero-order valence-electron chi connectivity index (χ0n) is 12.2. The van der Waals surface area contributed by atoms with Crippen molar-refractivity contribution in [1.29, 1.82) is 0 Å². The number of aliphatic hydroxyl groups is 1. The van der Waals surface area contributed by atoms with Crippen LogP contribution in [0.5, 0.6) is 11.5 Å². The summed E-state index contributed by atoms with van der Waals surface area (Å²) in [6, 6.07) is 5.35. The molecule has 1 N–H and O–H groups in total. The van der Waals surface area contributed by atoms with Crippen LogP contribution in [0.2, 0.25) is 0 Å². The molecule has 1 aromatic rings. The SMILES string of the molecule is CC1CN(C(=O)c2ccc3c(c2)OCCCO3)CCC1O. The largest absolute Gasteiger partial charge is 0.490 e. The van der Waals surface area contributed by atoms with E-state index >= 15 is 0 Å². The van der Waals surface area contributed by atoms with Crippen LogP contribution in [-0.2, 0) is 0 Å². The molecule has 1 saturated heterocycles. The van der Waals surface area contributed by atoms with E-state index in [0.717, 1.165) is 6.42 Å². The lowest BCUT2D eigenvalue weighted by Gasteiger charge is -2.34. The highest BCUT2D eigenvalue weighted by Crippen LogP contribution is 2.31. The van der Waals surface area contributed by atoms with Crippen LogP contribution in [0.1, 0.15) is 30.1 Å². The van der Waals surface area contributed by atoms with E-state index in [4.69, 9.17) is 9.47 Å². The Labute approximate surface area is 124 Å². The number of hydrogen-bond acceptors (Lipinski definition) is 4. The van der Waals surface area contributed by atoms with Gasteiger partial charge >= 0.3 is 0 Å². The lowest BCUT2D eigenvalue weighted by atomic mass is 9.96. The lowest BCUT2D eigenvalue weighted by Crippen LogP contribution is -2.44. The fourth-order valence-electron chi connectivity index (χ4n) is 2.80. The van der Waals surface area contributed by atoms with Crippen LogP contribution in [0.4, 0.5) is 0 Å². The quantitative estimate of drug-likeness (QED) is 0.855. The van der Waals surface area contributed by atoms with Gasteiger partial charge in [-0.1, -0.05) is 6.92 Å². The Morgan fingerprint density at radius 1 is 1.29 bits per heavy atom. The Hall–Kier alpha value is -1.75. The van der Waals surface area contributed by atoms with Crippen molar-refractivity contribution in [2.24, 2.45) is 5.92 Å². The van der Waals surface area contributed by atoms with E-state index < -0.39 is 0 Å². The Morgan fingerprint density at radius 2 is 2.05 bits per heavy atom. The molecule has 0 aromatic heterocycles. The maximum Gasteiger partial charge on any atom is 0.254 e. The first-order chi connectivity index (χ1) is 10.1. The summed E-state index contributed by atoms with van der Waals surface area (Å²) < 4.78 is 11.2. The average Bonchev–Trinajstić information content (AvgIpc) is 2.73. The van der Waals surface area contributed by atoms with Gasteiger partial charge in [-0.15, -0.1) is 0 Å². The van der Waals surface area contributed by atoms with Gasteiger partial charge in [-0.3, -0.25) is 4.79 Å². The van der Waals surface area contributed by atoms with Crippen LogP contribution in [-0.4, -0.2) is 48.3 Å². The third-order valence-corrected chi connectivity index (χ3v) is 4.14. The molecule has 5 nitrogen and oxygen atoms in total. The molecule has 1 aromatic carbocycles. The van der Waals surface area contributed by atoms with Crippen molar-refractivity contribution in [3.05, 3.63) is 23.8 Å². The fraction of sp³-hybridized carbons (Fsp3) is 0.562. The summed E-state index contributed by atoms with van der Waals surface area (Å²) in [5.41, 5.74) is 0.614. The number of likely N-dealkylation sites (tertiary alicyclic amines) is 1. The second kappa shape index (κ2) is 5.93. The molecule has 2 heterocycles. The minimum absolute atomic E-state index is 0.00982. The van der Waals surface area contributed by atoms with Crippen molar-refractivity contribution in [2.45, 2.75) is 25.9 Å². The second-order valence-electron chi connectivity index (χ2n) is 5.80. The van der Waals surface area contributed by atoms with Crippen LogP contribution < -0.4 is 9.47 Å². The number of nitrogens with zero attached hydrogens (tertiary/aromatic N) is 1. The predicted octanol–water partition coefficient (Wildman–Crippen LogP) is 1.69. The zero-order chi connectivity index (χ0) is 14.8. The molecule has 0 saturated carbocycles. The van der Waals surface area contributed by atoms with Gasteiger partial charge in [0, 0.05) is 25.1 Å². The number of carbonyl (C=O) groups is 1. The molecule has 2 aliphatic heterocycles. The van der Waals surface area contributed by atoms with Gasteiger partial charge in [0.1, 0.15) is 0 Å². The number of benzene rings is 1. The Balaban J connectivity index is 1.77. The van der Waals surface area contributed by atoms with Crippen molar-refractivity contribution in [3.63, 3.8) is 0 Å². The Kier molecular flexibility index (Phi) is 4.01. The number of ether oxygens (including phenoxy) is 2. The van der Waals surface area contributed by atoms with Crippen molar-refractivity contribution in [1.82, 2.24) is 4.90 Å². The molecule has 114 valence electrons. The summed E-state index contributed by atoms with van der Waals surface area (Å²) in [5, 5.41) is 9.76. The zero-order valence-corrected chi connectivity index (χ0v) is 12.2. The van der Waals surface area contributed by atoms with Crippen molar-refractivity contribution >= 4 is 5.91 Å². The van der Waals surface area contributed by atoms with Gasteiger partial charge in [-0.05, 0) is 30.5 Å². The van der Waals surface area contributed by atoms with Gasteiger partial charge in [0.25, 0.3) is 5.91 Å². The van der Waals surface area contributed by atoms with Crippen molar-refractivity contribution in [3.8, 4) is 11.5 Å². The van der Waals surface area contributed by atoms with Gasteiger partial charge in [-0.25, -0.2) is 0 Å². The smallest absolute Gasteiger partial charge is 0.254 e. The highest BCUT2D eigenvalue weighted by Gasteiger charge is 2.28. The molecule has 0 radical (unpaired) electrons. The highest BCUT2D eigenvalue weighted by atomic mass is 16.5. The number of aliphatic hydroxyl groups excluding tert-OH is 1. The van der Waals surface area contributed by atoms with E-state index in [1.807, 2.05) is 6.92 Å². The summed E-state index contributed by atoms with van der Waals surface area (Å²) in [6.07, 6.45) is 1.18. The molecule has 5 heteroatoms. The van der Waals surface area contributed by atoms with Gasteiger partial charge < -0.3 is 19.5 Å². The monoisotopic (exact) mass is 291 g/mol. The number of rotatable bonds is 1. The van der Waals surface area contributed by atoms with Crippen LogP contribution >= 0.6 is 0 Å². The molecule has 2 aliphatic rings. The van der Waals surface area contributed by atoms with Crippen molar-refractivity contribution < 1.29 is 19.4 Å². The number of carbonyl (C=O) groups excluding carboxylic acids is 1. The molecule has 1 fully saturated rings. The molecule has 3 rings (SSSR count). The van der Waals surface area contributed by atoms with Gasteiger partial charge in [0.2, 0.25) is 0 Å². The summed E-state index contributed by atoms with van der Waals surface area (Å²) in [7, 11) is 0. The van der Waals surface area contributed by atoms with E-state index in [0.29, 0.717) is 49.8 Å². The molecule has 21 heavy (non-hydrogen) atoms. The lowest BCUT2D eigenvalue weighted by molar-refractivity contribution is 0.0297. The topological polar surface area (TPSA) is 59.0 Å². The molecule has 2 unspecified atom stereocenters. The van der Waals surface area contributed by atoms with Gasteiger partial charge in [0.15, 0.2) is 11.5 Å². The molecule has 1 amide bonds. The highest BCUT2D eigenvalue weighted by molar-refractivity contribution is 5.95. The van der Waals surface area contributed by atoms with E-state index in [1.165, 1.54) is 0 Å². The summed E-state index contributed by atoms with van der Waals surface area (Å²) in [4.78, 5) is 14.4. The maximum atomic E-state index is 12.6. The Bertz CT molecular complexity index is 531. The van der Waals surface area contributed by atoms with Crippen LogP contribution in [0.15, 0.2) is 18.2 Å². The molecular weight excluding hydrogens is 270 g/mol. The minimum Gasteiger partial charge on any atom is -0.490 e. The molecule has 2 atom stereocenters. The second-order valence-corrected chi connectivity index (χ2v) is 5.80. The maximum absolute atomic E-state index is 12.6. The van der Waals surface area contributed by atoms with Crippen LogP contribution in [0, 0.1) is 5.92 Å². The first kappa shape index (κ1) is 14.2. The summed E-state index contributed by atoms with van der Waals surface area (Å²) in [6.45, 7) is 4.41. The predicted molar refractivity (Wildman–Crippen MR) is 77.7 cm³/mol. The van der Waals surface area contributed by atoms with Gasteiger partial charge in [-0.2, -0.15) is 0 Å². The van der Waals surface area contributed by atoms with Crippen LogP contribution in [0.25, 0.3) is 0 Å². The molecule has 0 spiro atoms. The van der Waals surface area contributed by atoms with Crippen molar-refractivity contribution in [2.75, 3.05) is 26.3 Å². The number of fused-ring (bicyclic) bond motifs is 1. The van der Waals surface area contributed by atoms with E-state index in [-0.39, 0.29) is 17.9 Å². The standard InChI is InChI=1S/C16H21NO4/c1-11-10-17(6-5-13(11)18)16(19)12-3-4-14-15(9-12)21-8-2-7-20-14/h3-4,9,11,13,18H,2,5-8,10H2,1H3. The van der Waals surface area contributed by atoms with E-state index in [2.05, 4.69) is 0 Å².